The third-order valence-electron chi connectivity index (χ3n) is 3.36. The van der Waals surface area contributed by atoms with E-state index in [1.54, 1.807) is 14.2 Å². The van der Waals surface area contributed by atoms with Crippen LogP contribution in [-0.4, -0.2) is 49.0 Å². The molecule has 1 fully saturated rings. The second kappa shape index (κ2) is 6.51. The van der Waals surface area contributed by atoms with Crippen LogP contribution < -0.4 is 5.73 Å². The molecule has 5 nitrogen and oxygen atoms in total. The van der Waals surface area contributed by atoms with Gasteiger partial charge in [0.1, 0.15) is 0 Å². The van der Waals surface area contributed by atoms with Crippen LogP contribution in [0.25, 0.3) is 0 Å². The first-order valence-corrected chi connectivity index (χ1v) is 5.75. The number of aliphatic hydroxyl groups is 2. The van der Waals surface area contributed by atoms with Crippen molar-refractivity contribution in [1.29, 1.82) is 0 Å². The van der Waals surface area contributed by atoms with Gasteiger partial charge in [-0.15, -0.1) is 0 Å². The molecular formula is C11H23NO4. The predicted octanol–water partition coefficient (Wildman–Crippen LogP) is -0.155. The van der Waals surface area contributed by atoms with Crippen LogP contribution in [0.15, 0.2) is 0 Å². The fourth-order valence-corrected chi connectivity index (χ4v) is 2.28. The summed E-state index contributed by atoms with van der Waals surface area (Å²) < 4.78 is 10.2. The molecule has 0 aromatic heterocycles. The Hall–Kier alpha value is -0.200. The molecule has 0 aromatic carbocycles. The fourth-order valence-electron chi connectivity index (χ4n) is 2.28. The van der Waals surface area contributed by atoms with Crippen molar-refractivity contribution >= 4 is 0 Å². The lowest BCUT2D eigenvalue weighted by Crippen LogP contribution is -2.35. The Labute approximate surface area is 96.5 Å². The van der Waals surface area contributed by atoms with Crippen LogP contribution >= 0.6 is 0 Å². The summed E-state index contributed by atoms with van der Waals surface area (Å²) in [5, 5.41) is 19.9. The van der Waals surface area contributed by atoms with E-state index in [0.717, 1.165) is 6.42 Å². The maximum absolute atomic E-state index is 9.98. The zero-order chi connectivity index (χ0) is 12.1. The average molecular weight is 233 g/mol. The number of nitrogens with two attached hydrogens (primary N) is 1. The van der Waals surface area contributed by atoms with Gasteiger partial charge in [0.2, 0.25) is 0 Å². The van der Waals surface area contributed by atoms with E-state index in [4.69, 9.17) is 15.2 Å². The highest BCUT2D eigenvalue weighted by Crippen LogP contribution is 2.28. The van der Waals surface area contributed by atoms with Gasteiger partial charge in [-0.2, -0.15) is 0 Å². The summed E-state index contributed by atoms with van der Waals surface area (Å²) >= 11 is 0. The van der Waals surface area contributed by atoms with Crippen molar-refractivity contribution < 1.29 is 19.7 Å². The number of hydrogen-bond acceptors (Lipinski definition) is 5. The summed E-state index contributed by atoms with van der Waals surface area (Å²) in [5.74, 6) is -0.224. The van der Waals surface area contributed by atoms with Crippen LogP contribution in [0.3, 0.4) is 0 Å². The van der Waals surface area contributed by atoms with Gasteiger partial charge < -0.3 is 25.4 Å². The topological polar surface area (TPSA) is 84.9 Å². The van der Waals surface area contributed by atoms with E-state index >= 15 is 0 Å². The highest BCUT2D eigenvalue weighted by atomic mass is 16.7. The quantitative estimate of drug-likeness (QED) is 0.464. The molecule has 0 radical (unpaired) electrons. The molecule has 0 saturated heterocycles. The van der Waals surface area contributed by atoms with Gasteiger partial charge in [0, 0.05) is 32.6 Å². The standard InChI is InChI=1S/C11H23NO4/c1-15-11(16-2)6-8-9(13)4-3-7(12)5-10(8)14/h7-11,13-14H,3-6,12H2,1-2H3/t7-,8-,9-,10-/m0/s1. The van der Waals surface area contributed by atoms with Crippen LogP contribution in [0.5, 0.6) is 0 Å². The number of ether oxygens (including phenoxy) is 2. The first-order chi connectivity index (χ1) is 7.58. The van der Waals surface area contributed by atoms with E-state index in [9.17, 15) is 10.2 Å². The van der Waals surface area contributed by atoms with E-state index in [-0.39, 0.29) is 18.2 Å². The van der Waals surface area contributed by atoms with Crippen LogP contribution in [0.2, 0.25) is 0 Å². The summed E-state index contributed by atoms with van der Waals surface area (Å²) in [7, 11) is 3.10. The molecule has 16 heavy (non-hydrogen) atoms. The Morgan fingerprint density at radius 1 is 1.19 bits per heavy atom. The molecular weight excluding hydrogens is 210 g/mol. The highest BCUT2D eigenvalue weighted by Gasteiger charge is 2.33. The van der Waals surface area contributed by atoms with Crippen LogP contribution in [0, 0.1) is 5.92 Å². The highest BCUT2D eigenvalue weighted by molar-refractivity contribution is 4.85. The van der Waals surface area contributed by atoms with Crippen molar-refractivity contribution in [2.24, 2.45) is 11.7 Å². The average Bonchev–Trinajstić information content (AvgIpc) is 2.37. The van der Waals surface area contributed by atoms with Gasteiger partial charge in [-0.25, -0.2) is 0 Å². The van der Waals surface area contributed by atoms with Crippen molar-refractivity contribution in [2.45, 2.75) is 50.2 Å². The zero-order valence-corrected chi connectivity index (χ0v) is 10.0. The molecule has 96 valence electrons. The summed E-state index contributed by atoms with van der Waals surface area (Å²) in [6.45, 7) is 0. The van der Waals surface area contributed by atoms with Crippen molar-refractivity contribution in [3.8, 4) is 0 Å². The van der Waals surface area contributed by atoms with Gasteiger partial charge in [-0.05, 0) is 19.3 Å². The van der Waals surface area contributed by atoms with Crippen molar-refractivity contribution in [1.82, 2.24) is 0 Å². The van der Waals surface area contributed by atoms with Crippen LogP contribution in [0.4, 0.5) is 0 Å². The monoisotopic (exact) mass is 233 g/mol. The van der Waals surface area contributed by atoms with Gasteiger partial charge in [-0.3, -0.25) is 0 Å². The first-order valence-electron chi connectivity index (χ1n) is 5.75. The third kappa shape index (κ3) is 3.68. The number of methoxy groups -OCH3 is 2. The lowest BCUT2D eigenvalue weighted by molar-refractivity contribution is -0.132. The fraction of sp³-hybridized carbons (Fsp3) is 1.00. The van der Waals surface area contributed by atoms with Crippen LogP contribution in [-0.2, 0) is 9.47 Å². The minimum Gasteiger partial charge on any atom is -0.393 e. The van der Waals surface area contributed by atoms with E-state index in [2.05, 4.69) is 0 Å². The number of hydrogen-bond donors (Lipinski definition) is 3. The minimum absolute atomic E-state index is 0.0295. The molecule has 0 spiro atoms. The minimum atomic E-state index is -0.583. The summed E-state index contributed by atoms with van der Waals surface area (Å²) in [4.78, 5) is 0. The van der Waals surface area contributed by atoms with Crippen molar-refractivity contribution in [3.05, 3.63) is 0 Å². The van der Waals surface area contributed by atoms with E-state index in [1.165, 1.54) is 0 Å². The normalized spacial score (nSPS) is 36.4. The molecule has 4 atom stereocenters. The Morgan fingerprint density at radius 3 is 2.38 bits per heavy atom. The Bertz CT molecular complexity index is 198. The van der Waals surface area contributed by atoms with E-state index in [1.807, 2.05) is 0 Å². The smallest absolute Gasteiger partial charge is 0.157 e. The van der Waals surface area contributed by atoms with Crippen molar-refractivity contribution in [3.63, 3.8) is 0 Å². The van der Waals surface area contributed by atoms with Gasteiger partial charge in [0.15, 0.2) is 6.29 Å². The van der Waals surface area contributed by atoms with Crippen LogP contribution in [0.1, 0.15) is 25.7 Å². The van der Waals surface area contributed by atoms with Gasteiger partial charge >= 0.3 is 0 Å². The molecule has 0 aromatic rings. The zero-order valence-electron chi connectivity index (χ0n) is 10.0. The molecule has 0 aliphatic heterocycles. The number of aliphatic hydroxyl groups excluding tert-OH is 2. The maximum atomic E-state index is 9.98. The molecule has 5 heteroatoms. The van der Waals surface area contributed by atoms with Gasteiger partial charge in [-0.1, -0.05) is 0 Å². The molecule has 0 unspecified atom stereocenters. The molecule has 0 amide bonds. The molecule has 1 saturated carbocycles. The van der Waals surface area contributed by atoms with Gasteiger partial charge in [0.25, 0.3) is 0 Å². The molecule has 1 rings (SSSR count). The molecule has 4 N–H and O–H groups in total. The largest absolute Gasteiger partial charge is 0.393 e. The molecule has 0 bridgehead atoms. The predicted molar refractivity (Wildman–Crippen MR) is 59.8 cm³/mol. The van der Waals surface area contributed by atoms with Crippen molar-refractivity contribution in [2.75, 3.05) is 14.2 Å². The number of rotatable bonds is 4. The second-order valence-electron chi connectivity index (χ2n) is 4.51. The lowest BCUT2D eigenvalue weighted by Gasteiger charge is -2.28. The molecule has 1 aliphatic carbocycles. The summed E-state index contributed by atoms with van der Waals surface area (Å²) in [5.41, 5.74) is 5.81. The molecule has 0 heterocycles. The third-order valence-corrected chi connectivity index (χ3v) is 3.36. The van der Waals surface area contributed by atoms with E-state index in [0.29, 0.717) is 19.3 Å². The first kappa shape index (κ1) is 13.9. The molecule has 1 aliphatic rings. The SMILES string of the molecule is COC(C[C@H]1[C@@H](O)CC[C@H](N)C[C@@H]1O)OC. The summed E-state index contributed by atoms with van der Waals surface area (Å²) in [6.07, 6.45) is 0.895. The Kier molecular flexibility index (Phi) is 5.64. The second-order valence-corrected chi connectivity index (χ2v) is 4.51. The lowest BCUT2D eigenvalue weighted by atomic mass is 9.91. The Morgan fingerprint density at radius 2 is 1.81 bits per heavy atom. The van der Waals surface area contributed by atoms with Gasteiger partial charge in [0.05, 0.1) is 12.2 Å². The maximum Gasteiger partial charge on any atom is 0.157 e. The Balaban J connectivity index is 2.59. The summed E-state index contributed by atoms with van der Waals surface area (Å²) in [6, 6.07) is -0.0295. The van der Waals surface area contributed by atoms with E-state index < -0.39 is 12.2 Å².